The van der Waals surface area contributed by atoms with E-state index in [-0.39, 0.29) is 18.5 Å². The van der Waals surface area contributed by atoms with Gasteiger partial charge < -0.3 is 14.2 Å². The predicted molar refractivity (Wildman–Crippen MR) is 196 cm³/mol. The first-order chi connectivity index (χ1) is 22.6. The average molecular weight is 651 g/mol. The minimum absolute atomic E-state index is 0.0879. The number of allylic oxidation sites excluding steroid dienone is 2. The minimum Gasteiger partial charge on any atom is -0.462 e. The molecule has 1 unspecified atom stereocenters. The number of esters is 2. The molecular formula is C41H78O5. The first kappa shape index (κ1) is 44.6. The Morgan fingerprint density at radius 3 is 1.39 bits per heavy atom. The molecule has 0 heterocycles. The van der Waals surface area contributed by atoms with Crippen LogP contribution in [0.4, 0.5) is 0 Å². The summed E-state index contributed by atoms with van der Waals surface area (Å²) >= 11 is 0. The van der Waals surface area contributed by atoms with E-state index in [1.54, 1.807) is 0 Å². The standard InChI is InChI=1S/C41H78O5/c1-4-7-10-13-16-19-21-23-25-28-31-34-40(42)45-38-39(37-44-36-33-30-27-18-15-12-9-6-3)46-41(43)35-32-29-26-24-22-20-17-14-11-8-5-2/h13,16,39H,4-12,14-15,17-38H2,1-3H3/b16-13-. The van der Waals surface area contributed by atoms with Gasteiger partial charge in [-0.1, -0.05) is 174 Å². The Morgan fingerprint density at radius 1 is 0.457 bits per heavy atom. The molecule has 0 aromatic rings. The van der Waals surface area contributed by atoms with Crippen LogP contribution in [0.15, 0.2) is 12.2 Å². The van der Waals surface area contributed by atoms with Crippen molar-refractivity contribution in [1.29, 1.82) is 0 Å². The second-order valence-electron chi connectivity index (χ2n) is 13.6. The van der Waals surface area contributed by atoms with Gasteiger partial charge in [0.1, 0.15) is 6.61 Å². The third kappa shape index (κ3) is 35.5. The van der Waals surface area contributed by atoms with Crippen molar-refractivity contribution in [1.82, 2.24) is 0 Å². The van der Waals surface area contributed by atoms with Crippen molar-refractivity contribution in [3.8, 4) is 0 Å². The lowest BCUT2D eigenvalue weighted by Gasteiger charge is -2.18. The molecule has 0 aromatic heterocycles. The molecule has 46 heavy (non-hydrogen) atoms. The molecule has 0 amide bonds. The number of rotatable bonds is 37. The number of hydrogen-bond acceptors (Lipinski definition) is 5. The molecule has 0 radical (unpaired) electrons. The Labute approximate surface area is 286 Å². The summed E-state index contributed by atoms with van der Waals surface area (Å²) in [6.07, 6.45) is 39.1. The molecule has 0 aliphatic carbocycles. The Kier molecular flexibility index (Phi) is 37.0. The second-order valence-corrected chi connectivity index (χ2v) is 13.6. The maximum atomic E-state index is 12.6. The molecule has 5 heteroatoms. The average Bonchev–Trinajstić information content (AvgIpc) is 3.05. The van der Waals surface area contributed by atoms with Crippen molar-refractivity contribution < 1.29 is 23.8 Å². The molecule has 0 aliphatic rings. The first-order valence-corrected chi connectivity index (χ1v) is 20.2. The van der Waals surface area contributed by atoms with E-state index in [2.05, 4.69) is 32.9 Å². The van der Waals surface area contributed by atoms with Crippen molar-refractivity contribution in [3.05, 3.63) is 12.2 Å². The van der Waals surface area contributed by atoms with Crippen LogP contribution in [0.1, 0.15) is 213 Å². The molecule has 0 aromatic carbocycles. The number of unbranched alkanes of at least 4 members (excludes halogenated alkanes) is 24. The zero-order chi connectivity index (χ0) is 33.6. The highest BCUT2D eigenvalue weighted by Crippen LogP contribution is 2.14. The zero-order valence-electron chi connectivity index (χ0n) is 31.1. The van der Waals surface area contributed by atoms with Gasteiger partial charge in [-0.2, -0.15) is 0 Å². The summed E-state index contributed by atoms with van der Waals surface area (Å²) < 4.78 is 17.2. The highest BCUT2D eigenvalue weighted by Gasteiger charge is 2.17. The lowest BCUT2D eigenvalue weighted by Crippen LogP contribution is -2.30. The van der Waals surface area contributed by atoms with Crippen LogP contribution in [-0.4, -0.2) is 37.9 Å². The SMILES string of the molecule is CCCC/C=C\CCCCCCCC(=O)OCC(COCCCCCCCCCC)OC(=O)CCCCCCCCCCCCC. The van der Waals surface area contributed by atoms with Gasteiger partial charge in [0.2, 0.25) is 0 Å². The summed E-state index contributed by atoms with van der Waals surface area (Å²) in [5.74, 6) is -0.402. The number of hydrogen-bond donors (Lipinski definition) is 0. The van der Waals surface area contributed by atoms with Crippen molar-refractivity contribution in [3.63, 3.8) is 0 Å². The van der Waals surface area contributed by atoms with Crippen LogP contribution >= 0.6 is 0 Å². The molecule has 0 bridgehead atoms. The molecule has 0 fully saturated rings. The van der Waals surface area contributed by atoms with E-state index in [4.69, 9.17) is 14.2 Å². The van der Waals surface area contributed by atoms with Crippen LogP contribution in [0.25, 0.3) is 0 Å². The quantitative estimate of drug-likeness (QED) is 0.0380. The van der Waals surface area contributed by atoms with Gasteiger partial charge in [0, 0.05) is 19.4 Å². The summed E-state index contributed by atoms with van der Waals surface area (Å²) in [7, 11) is 0. The number of carbonyl (C=O) groups excluding carboxylic acids is 2. The fraction of sp³-hybridized carbons (Fsp3) is 0.902. The van der Waals surface area contributed by atoms with Gasteiger partial charge in [-0.05, 0) is 38.5 Å². The van der Waals surface area contributed by atoms with Crippen LogP contribution in [0.2, 0.25) is 0 Å². The minimum atomic E-state index is -0.524. The summed E-state index contributed by atoms with van der Waals surface area (Å²) in [5.41, 5.74) is 0. The molecule has 1 atom stereocenters. The number of carbonyl (C=O) groups is 2. The molecule has 0 aliphatic heterocycles. The van der Waals surface area contributed by atoms with Crippen LogP contribution in [0.3, 0.4) is 0 Å². The molecule has 0 N–H and O–H groups in total. The normalized spacial score (nSPS) is 12.2. The molecule has 272 valence electrons. The van der Waals surface area contributed by atoms with E-state index in [9.17, 15) is 9.59 Å². The zero-order valence-corrected chi connectivity index (χ0v) is 31.1. The molecule has 0 saturated carbocycles. The Bertz CT molecular complexity index is 661. The highest BCUT2D eigenvalue weighted by molar-refractivity contribution is 5.70. The van der Waals surface area contributed by atoms with Crippen LogP contribution in [0, 0.1) is 0 Å². The highest BCUT2D eigenvalue weighted by atomic mass is 16.6. The van der Waals surface area contributed by atoms with Crippen molar-refractivity contribution in [2.24, 2.45) is 0 Å². The van der Waals surface area contributed by atoms with Gasteiger partial charge in [0.15, 0.2) is 6.10 Å². The third-order valence-corrected chi connectivity index (χ3v) is 8.80. The maximum absolute atomic E-state index is 12.6. The van der Waals surface area contributed by atoms with Crippen molar-refractivity contribution >= 4 is 11.9 Å². The number of ether oxygens (including phenoxy) is 3. The van der Waals surface area contributed by atoms with Gasteiger partial charge >= 0.3 is 11.9 Å². The van der Waals surface area contributed by atoms with Gasteiger partial charge in [-0.25, -0.2) is 0 Å². The summed E-state index contributed by atoms with van der Waals surface area (Å²) in [5, 5.41) is 0. The second kappa shape index (κ2) is 38.1. The lowest BCUT2D eigenvalue weighted by atomic mass is 10.1. The maximum Gasteiger partial charge on any atom is 0.306 e. The van der Waals surface area contributed by atoms with E-state index in [1.165, 1.54) is 135 Å². The van der Waals surface area contributed by atoms with Gasteiger partial charge in [-0.15, -0.1) is 0 Å². The monoisotopic (exact) mass is 651 g/mol. The largest absolute Gasteiger partial charge is 0.462 e. The fourth-order valence-electron chi connectivity index (χ4n) is 5.72. The molecular weight excluding hydrogens is 572 g/mol. The molecule has 0 rings (SSSR count). The van der Waals surface area contributed by atoms with Crippen LogP contribution in [0.5, 0.6) is 0 Å². The van der Waals surface area contributed by atoms with Gasteiger partial charge in [0.05, 0.1) is 6.61 Å². The molecule has 0 saturated heterocycles. The van der Waals surface area contributed by atoms with E-state index in [0.29, 0.717) is 26.1 Å². The van der Waals surface area contributed by atoms with Gasteiger partial charge in [0.25, 0.3) is 0 Å². The van der Waals surface area contributed by atoms with E-state index in [1.807, 2.05) is 0 Å². The van der Waals surface area contributed by atoms with Crippen molar-refractivity contribution in [2.75, 3.05) is 19.8 Å². The summed E-state index contributed by atoms with van der Waals surface area (Å²) in [6, 6.07) is 0. The van der Waals surface area contributed by atoms with Crippen LogP contribution in [-0.2, 0) is 23.8 Å². The van der Waals surface area contributed by atoms with Crippen LogP contribution < -0.4 is 0 Å². The van der Waals surface area contributed by atoms with Gasteiger partial charge in [-0.3, -0.25) is 9.59 Å². The summed E-state index contributed by atoms with van der Waals surface area (Å²) in [4.78, 5) is 25.0. The predicted octanol–water partition coefficient (Wildman–Crippen LogP) is 12.8. The third-order valence-electron chi connectivity index (χ3n) is 8.80. The fourth-order valence-corrected chi connectivity index (χ4v) is 5.72. The summed E-state index contributed by atoms with van der Waals surface area (Å²) in [6.45, 7) is 7.77. The Morgan fingerprint density at radius 2 is 0.870 bits per heavy atom. The van der Waals surface area contributed by atoms with E-state index in [0.717, 1.165) is 44.9 Å². The topological polar surface area (TPSA) is 61.8 Å². The first-order valence-electron chi connectivity index (χ1n) is 20.2. The van der Waals surface area contributed by atoms with Crippen molar-refractivity contribution in [2.45, 2.75) is 219 Å². The van der Waals surface area contributed by atoms with E-state index < -0.39 is 6.10 Å². The Hall–Kier alpha value is -1.36. The molecule has 5 nitrogen and oxygen atoms in total. The van der Waals surface area contributed by atoms with E-state index >= 15 is 0 Å². The smallest absolute Gasteiger partial charge is 0.306 e. The Balaban J connectivity index is 4.20. The molecule has 0 spiro atoms. The lowest BCUT2D eigenvalue weighted by molar-refractivity contribution is -0.163.